The fraction of sp³-hybridized carbons (Fsp3) is 0.364. The Morgan fingerprint density at radius 1 is 1.21 bits per heavy atom. The molecule has 1 atom stereocenters. The predicted molar refractivity (Wildman–Crippen MR) is 107 cm³/mol. The molecule has 1 unspecified atom stereocenters. The van der Waals surface area contributed by atoms with Gasteiger partial charge in [-0.2, -0.15) is 0 Å². The maximum Gasteiger partial charge on any atom is 0.253 e. The van der Waals surface area contributed by atoms with Crippen LogP contribution < -0.4 is 10.1 Å². The van der Waals surface area contributed by atoms with Crippen LogP contribution in [0.2, 0.25) is 0 Å². The van der Waals surface area contributed by atoms with Crippen molar-refractivity contribution in [2.75, 3.05) is 25.6 Å². The van der Waals surface area contributed by atoms with Crippen molar-refractivity contribution in [3.63, 3.8) is 0 Å². The molecule has 1 aliphatic heterocycles. The van der Waals surface area contributed by atoms with E-state index in [0.717, 1.165) is 24.2 Å². The standard InChI is InChI=1S/C22H26N2O4/c1-3-27-19-11-9-16(10-12-19)15-24(2)22(26)17-6-4-7-18(14-17)23-21(25)20-8-5-13-28-20/h4,6-7,9-12,14,20H,3,5,8,13,15H2,1-2H3,(H,23,25). The third-order valence-electron chi connectivity index (χ3n) is 4.60. The van der Waals surface area contributed by atoms with E-state index >= 15 is 0 Å². The summed E-state index contributed by atoms with van der Waals surface area (Å²) >= 11 is 0. The summed E-state index contributed by atoms with van der Waals surface area (Å²) in [6.07, 6.45) is 1.23. The van der Waals surface area contributed by atoms with Gasteiger partial charge in [0.1, 0.15) is 11.9 Å². The molecule has 0 saturated carbocycles. The molecule has 0 bridgehead atoms. The Morgan fingerprint density at radius 3 is 2.68 bits per heavy atom. The lowest BCUT2D eigenvalue weighted by Crippen LogP contribution is -2.28. The molecular formula is C22H26N2O4. The topological polar surface area (TPSA) is 67.9 Å². The number of amides is 2. The highest BCUT2D eigenvalue weighted by Crippen LogP contribution is 2.18. The number of anilines is 1. The zero-order chi connectivity index (χ0) is 19.9. The van der Waals surface area contributed by atoms with Crippen molar-refractivity contribution in [3.8, 4) is 5.75 Å². The molecule has 2 aromatic rings. The van der Waals surface area contributed by atoms with Gasteiger partial charge in [0.2, 0.25) is 0 Å². The molecular weight excluding hydrogens is 356 g/mol. The second-order valence-corrected chi connectivity index (χ2v) is 6.81. The molecule has 148 valence electrons. The third-order valence-corrected chi connectivity index (χ3v) is 4.60. The highest BCUT2D eigenvalue weighted by molar-refractivity contribution is 5.98. The second-order valence-electron chi connectivity index (χ2n) is 6.81. The lowest BCUT2D eigenvalue weighted by molar-refractivity contribution is -0.124. The number of benzene rings is 2. The second kappa shape index (κ2) is 9.37. The number of carbonyl (C=O) groups excluding carboxylic acids is 2. The number of carbonyl (C=O) groups is 2. The van der Waals surface area contributed by atoms with Gasteiger partial charge in [0.05, 0.1) is 6.61 Å². The van der Waals surface area contributed by atoms with Crippen molar-refractivity contribution in [2.24, 2.45) is 0 Å². The maximum absolute atomic E-state index is 12.8. The zero-order valence-electron chi connectivity index (χ0n) is 16.3. The predicted octanol–water partition coefficient (Wildman–Crippen LogP) is 3.48. The van der Waals surface area contributed by atoms with E-state index < -0.39 is 6.10 Å². The number of nitrogens with zero attached hydrogens (tertiary/aromatic N) is 1. The average molecular weight is 382 g/mol. The van der Waals surface area contributed by atoms with E-state index in [9.17, 15) is 9.59 Å². The Kier molecular flexibility index (Phi) is 6.66. The van der Waals surface area contributed by atoms with E-state index in [1.54, 1.807) is 36.2 Å². The number of hydrogen-bond acceptors (Lipinski definition) is 4. The van der Waals surface area contributed by atoms with Crippen LogP contribution >= 0.6 is 0 Å². The minimum atomic E-state index is -0.401. The van der Waals surface area contributed by atoms with Crippen LogP contribution in [0.3, 0.4) is 0 Å². The van der Waals surface area contributed by atoms with Crippen molar-refractivity contribution in [3.05, 3.63) is 59.7 Å². The molecule has 6 nitrogen and oxygen atoms in total. The normalized spacial score (nSPS) is 15.9. The van der Waals surface area contributed by atoms with Gasteiger partial charge in [-0.3, -0.25) is 9.59 Å². The summed E-state index contributed by atoms with van der Waals surface area (Å²) in [5, 5.41) is 2.84. The Labute approximate surface area is 165 Å². The summed E-state index contributed by atoms with van der Waals surface area (Å²) in [4.78, 5) is 26.6. The van der Waals surface area contributed by atoms with Crippen LogP contribution in [-0.4, -0.2) is 43.1 Å². The average Bonchev–Trinajstić information content (AvgIpc) is 3.24. The molecule has 1 fully saturated rings. The number of nitrogens with one attached hydrogen (secondary N) is 1. The monoisotopic (exact) mass is 382 g/mol. The smallest absolute Gasteiger partial charge is 0.253 e. The molecule has 1 aliphatic rings. The van der Waals surface area contributed by atoms with E-state index in [4.69, 9.17) is 9.47 Å². The van der Waals surface area contributed by atoms with Crippen LogP contribution in [0.1, 0.15) is 35.7 Å². The van der Waals surface area contributed by atoms with Crippen LogP contribution in [0.25, 0.3) is 0 Å². The van der Waals surface area contributed by atoms with Gasteiger partial charge < -0.3 is 19.7 Å². The number of rotatable bonds is 7. The molecule has 2 aromatic carbocycles. The molecule has 28 heavy (non-hydrogen) atoms. The molecule has 6 heteroatoms. The highest BCUT2D eigenvalue weighted by Gasteiger charge is 2.23. The molecule has 1 N–H and O–H groups in total. The maximum atomic E-state index is 12.8. The molecule has 1 saturated heterocycles. The molecule has 0 aromatic heterocycles. The van der Waals surface area contributed by atoms with Crippen molar-refractivity contribution in [1.29, 1.82) is 0 Å². The van der Waals surface area contributed by atoms with Crippen molar-refractivity contribution in [2.45, 2.75) is 32.4 Å². The molecule has 0 radical (unpaired) electrons. The van der Waals surface area contributed by atoms with E-state index in [0.29, 0.717) is 31.0 Å². The highest BCUT2D eigenvalue weighted by atomic mass is 16.5. The molecule has 2 amide bonds. The summed E-state index contributed by atoms with van der Waals surface area (Å²) in [5.74, 6) is 0.543. The van der Waals surface area contributed by atoms with Gasteiger partial charge in [-0.1, -0.05) is 18.2 Å². The van der Waals surface area contributed by atoms with Crippen molar-refractivity contribution < 1.29 is 19.1 Å². The summed E-state index contributed by atoms with van der Waals surface area (Å²) in [6.45, 7) is 3.67. The molecule has 0 aliphatic carbocycles. The number of ether oxygens (including phenoxy) is 2. The van der Waals surface area contributed by atoms with Crippen LogP contribution in [0, 0.1) is 0 Å². The quantitative estimate of drug-likeness (QED) is 0.796. The zero-order valence-corrected chi connectivity index (χ0v) is 16.3. The molecule has 0 spiro atoms. The Hall–Kier alpha value is -2.86. The molecule has 1 heterocycles. The van der Waals surface area contributed by atoms with Gasteiger partial charge in [0, 0.05) is 31.5 Å². The van der Waals surface area contributed by atoms with Gasteiger partial charge in [-0.05, 0) is 55.7 Å². The van der Waals surface area contributed by atoms with E-state index in [2.05, 4.69) is 5.32 Å². The van der Waals surface area contributed by atoms with Crippen LogP contribution in [0.15, 0.2) is 48.5 Å². The van der Waals surface area contributed by atoms with E-state index in [1.807, 2.05) is 31.2 Å². The van der Waals surface area contributed by atoms with Gasteiger partial charge in [0.15, 0.2) is 0 Å². The first-order chi connectivity index (χ1) is 13.6. The van der Waals surface area contributed by atoms with Gasteiger partial charge >= 0.3 is 0 Å². The fourth-order valence-electron chi connectivity index (χ4n) is 3.16. The van der Waals surface area contributed by atoms with Crippen molar-refractivity contribution in [1.82, 2.24) is 4.90 Å². The SMILES string of the molecule is CCOc1ccc(CN(C)C(=O)c2cccc(NC(=O)C3CCCO3)c2)cc1. The Morgan fingerprint density at radius 2 is 2.00 bits per heavy atom. The fourth-order valence-corrected chi connectivity index (χ4v) is 3.16. The first kappa shape index (κ1) is 19.9. The Balaban J connectivity index is 1.61. The summed E-state index contributed by atoms with van der Waals surface area (Å²) < 4.78 is 10.8. The van der Waals surface area contributed by atoms with Crippen LogP contribution in [-0.2, 0) is 16.1 Å². The lowest BCUT2D eigenvalue weighted by atomic mass is 10.1. The minimum Gasteiger partial charge on any atom is -0.494 e. The third kappa shape index (κ3) is 5.10. The largest absolute Gasteiger partial charge is 0.494 e. The minimum absolute atomic E-state index is 0.109. The lowest BCUT2D eigenvalue weighted by Gasteiger charge is -2.18. The van der Waals surface area contributed by atoms with E-state index in [-0.39, 0.29) is 11.8 Å². The van der Waals surface area contributed by atoms with E-state index in [1.165, 1.54) is 0 Å². The summed E-state index contributed by atoms with van der Waals surface area (Å²) in [6, 6.07) is 14.7. The van der Waals surface area contributed by atoms with Crippen LogP contribution in [0.5, 0.6) is 5.75 Å². The number of hydrogen-bond donors (Lipinski definition) is 1. The van der Waals surface area contributed by atoms with Gasteiger partial charge in [-0.25, -0.2) is 0 Å². The first-order valence-electron chi connectivity index (χ1n) is 9.56. The summed E-state index contributed by atoms with van der Waals surface area (Å²) in [5.41, 5.74) is 2.14. The van der Waals surface area contributed by atoms with Crippen LogP contribution in [0.4, 0.5) is 5.69 Å². The summed E-state index contributed by atoms with van der Waals surface area (Å²) in [7, 11) is 1.76. The van der Waals surface area contributed by atoms with Crippen molar-refractivity contribution >= 4 is 17.5 Å². The molecule has 3 rings (SSSR count). The first-order valence-corrected chi connectivity index (χ1v) is 9.56. The van der Waals surface area contributed by atoms with Gasteiger partial charge in [0.25, 0.3) is 11.8 Å². The Bertz CT molecular complexity index is 814. The van der Waals surface area contributed by atoms with Gasteiger partial charge in [-0.15, -0.1) is 0 Å².